The molecule has 0 aliphatic rings. The van der Waals surface area contributed by atoms with Crippen LogP contribution in [0.2, 0.25) is 5.02 Å². The number of aromatic nitrogens is 2. The number of rotatable bonds is 4. The number of ether oxygens (including phenoxy) is 1. The summed E-state index contributed by atoms with van der Waals surface area (Å²) >= 11 is 6.14. The van der Waals surface area contributed by atoms with Crippen LogP contribution in [0, 0.1) is 12.7 Å². The minimum Gasteiger partial charge on any atom is -0.496 e. The highest BCUT2D eigenvalue weighted by Gasteiger charge is 2.19. The molecular weight excluding hydrogens is 443 g/mol. The van der Waals surface area contributed by atoms with Gasteiger partial charge in [-0.3, -0.25) is 9.36 Å². The highest BCUT2D eigenvalue weighted by atomic mass is 35.5. The van der Waals surface area contributed by atoms with Gasteiger partial charge in [0.05, 0.1) is 7.11 Å². The van der Waals surface area contributed by atoms with E-state index in [1.165, 1.54) is 24.0 Å². The van der Waals surface area contributed by atoms with Crippen molar-refractivity contribution in [1.82, 2.24) is 9.72 Å². The molecule has 5 rings (SSSR count). The summed E-state index contributed by atoms with van der Waals surface area (Å²) in [5.74, 6) is 0.380. The van der Waals surface area contributed by atoms with Crippen molar-refractivity contribution in [2.75, 3.05) is 7.11 Å². The Labute approximate surface area is 193 Å². The monoisotopic (exact) mass is 460 g/mol. The minimum atomic E-state index is -0.421. The fourth-order valence-corrected chi connectivity index (χ4v) is 4.09. The van der Waals surface area contributed by atoms with Crippen LogP contribution in [0.4, 0.5) is 4.39 Å². The molecule has 5 nitrogen and oxygen atoms in total. The molecule has 0 aliphatic heterocycles. The molecule has 0 N–H and O–H groups in total. The van der Waals surface area contributed by atoms with Gasteiger partial charge in [-0.05, 0) is 53.8 Å². The van der Waals surface area contributed by atoms with Crippen LogP contribution in [0.15, 0.2) is 82.4 Å². The van der Waals surface area contributed by atoms with Gasteiger partial charge in [-0.2, -0.15) is 0 Å². The average Bonchev–Trinajstić information content (AvgIpc) is 3.36. The van der Waals surface area contributed by atoms with Crippen LogP contribution in [-0.4, -0.2) is 16.8 Å². The van der Waals surface area contributed by atoms with E-state index in [0.717, 1.165) is 5.56 Å². The van der Waals surface area contributed by atoms with Gasteiger partial charge in [0.1, 0.15) is 17.8 Å². The lowest BCUT2D eigenvalue weighted by molar-refractivity contribution is 0.415. The molecular formula is C26H18ClFN2O3. The molecule has 0 fully saturated rings. The van der Waals surface area contributed by atoms with E-state index in [2.05, 4.69) is 5.16 Å². The molecule has 0 atom stereocenters. The van der Waals surface area contributed by atoms with E-state index in [1.54, 1.807) is 42.6 Å². The maximum atomic E-state index is 15.4. The van der Waals surface area contributed by atoms with Crippen molar-refractivity contribution in [2.45, 2.75) is 6.92 Å². The third-order valence-electron chi connectivity index (χ3n) is 5.64. The Bertz CT molecular complexity index is 1560. The van der Waals surface area contributed by atoms with E-state index >= 15 is 4.39 Å². The molecule has 2 heterocycles. The van der Waals surface area contributed by atoms with Gasteiger partial charge >= 0.3 is 0 Å². The first kappa shape index (κ1) is 21.0. The summed E-state index contributed by atoms with van der Waals surface area (Å²) in [5.41, 5.74) is 2.82. The van der Waals surface area contributed by atoms with Crippen LogP contribution < -0.4 is 10.3 Å². The number of hydrogen-bond donors (Lipinski definition) is 0. The minimum absolute atomic E-state index is 0.254. The van der Waals surface area contributed by atoms with E-state index in [9.17, 15) is 4.79 Å². The first-order chi connectivity index (χ1) is 16.0. The molecule has 3 aromatic carbocycles. The van der Waals surface area contributed by atoms with Crippen molar-refractivity contribution in [3.63, 3.8) is 0 Å². The highest BCUT2D eigenvalue weighted by Crippen LogP contribution is 2.39. The summed E-state index contributed by atoms with van der Waals surface area (Å²) < 4.78 is 27.4. The van der Waals surface area contributed by atoms with Crippen LogP contribution in [0.25, 0.3) is 38.8 Å². The van der Waals surface area contributed by atoms with Gasteiger partial charge in [0.15, 0.2) is 5.82 Å². The molecule has 164 valence electrons. The highest BCUT2D eigenvalue weighted by molar-refractivity contribution is 6.31. The van der Waals surface area contributed by atoms with E-state index < -0.39 is 5.82 Å². The van der Waals surface area contributed by atoms with E-state index in [1.807, 2.05) is 25.1 Å². The SMILES string of the molecule is COc1cc(-c2ccc(Cl)c(C)c2)c(F)cc1-c1cn(-c2ccon2)c(=O)c2ccccc12. The molecule has 2 aromatic heterocycles. The van der Waals surface area contributed by atoms with E-state index in [4.69, 9.17) is 20.9 Å². The van der Waals surface area contributed by atoms with Gasteiger partial charge in [0, 0.05) is 39.4 Å². The second-order valence-corrected chi connectivity index (χ2v) is 8.02. The Hall–Kier alpha value is -3.90. The van der Waals surface area contributed by atoms with Crippen LogP contribution in [0.5, 0.6) is 5.75 Å². The summed E-state index contributed by atoms with van der Waals surface area (Å²) in [6, 6.07) is 17.2. The molecule has 5 aromatic rings. The second kappa shape index (κ2) is 8.22. The molecule has 0 saturated carbocycles. The van der Waals surface area contributed by atoms with Gasteiger partial charge in [-0.25, -0.2) is 4.39 Å². The largest absolute Gasteiger partial charge is 0.496 e. The third-order valence-corrected chi connectivity index (χ3v) is 6.07. The van der Waals surface area contributed by atoms with Gasteiger partial charge in [-0.15, -0.1) is 0 Å². The summed E-state index contributed by atoms with van der Waals surface area (Å²) in [5, 5.41) is 5.65. The second-order valence-electron chi connectivity index (χ2n) is 7.62. The number of aryl methyl sites for hydroxylation is 1. The van der Waals surface area contributed by atoms with E-state index in [0.29, 0.717) is 49.6 Å². The molecule has 0 saturated heterocycles. The Morgan fingerprint density at radius 2 is 1.79 bits per heavy atom. The molecule has 0 unspecified atom stereocenters. The predicted octanol–water partition coefficient (Wildman–Crippen LogP) is 6.42. The number of halogens is 2. The Morgan fingerprint density at radius 1 is 1.00 bits per heavy atom. The number of fused-ring (bicyclic) bond motifs is 1. The molecule has 0 amide bonds. The fourth-order valence-electron chi connectivity index (χ4n) is 3.97. The van der Waals surface area contributed by atoms with Crippen molar-refractivity contribution in [3.05, 3.63) is 99.9 Å². The lowest BCUT2D eigenvalue weighted by atomic mass is 9.95. The lowest BCUT2D eigenvalue weighted by Crippen LogP contribution is -2.18. The number of hydrogen-bond acceptors (Lipinski definition) is 4. The predicted molar refractivity (Wildman–Crippen MR) is 127 cm³/mol. The molecule has 0 aliphatic carbocycles. The Balaban J connectivity index is 1.78. The first-order valence-electron chi connectivity index (χ1n) is 10.2. The van der Waals surface area contributed by atoms with Gasteiger partial charge in [0.25, 0.3) is 5.56 Å². The smallest absolute Gasteiger partial charge is 0.264 e. The maximum absolute atomic E-state index is 15.4. The van der Waals surface area contributed by atoms with Crippen molar-refractivity contribution < 1.29 is 13.7 Å². The normalized spacial score (nSPS) is 11.2. The fraction of sp³-hybridized carbons (Fsp3) is 0.0769. The average molecular weight is 461 g/mol. The third kappa shape index (κ3) is 3.58. The zero-order valence-corrected chi connectivity index (χ0v) is 18.6. The van der Waals surface area contributed by atoms with Gasteiger partial charge in [0.2, 0.25) is 0 Å². The van der Waals surface area contributed by atoms with Crippen LogP contribution in [0.3, 0.4) is 0 Å². The summed E-state index contributed by atoms with van der Waals surface area (Å²) in [6.45, 7) is 1.87. The standard InChI is InChI=1S/C26H18ClFN2O3/c1-15-11-16(7-8-22(15)27)19-13-24(32-2)20(12-23(19)28)21-14-30(25-9-10-33-29-25)26(31)18-6-4-3-5-17(18)21/h3-14H,1-2H3. The number of methoxy groups -OCH3 is 1. The molecule has 0 bridgehead atoms. The Morgan fingerprint density at radius 3 is 2.48 bits per heavy atom. The van der Waals surface area contributed by atoms with E-state index in [-0.39, 0.29) is 5.56 Å². The quantitative estimate of drug-likeness (QED) is 0.310. The lowest BCUT2D eigenvalue weighted by Gasteiger charge is -2.16. The van der Waals surface area contributed by atoms with Crippen LogP contribution in [0.1, 0.15) is 5.56 Å². The molecule has 33 heavy (non-hydrogen) atoms. The molecule has 0 radical (unpaired) electrons. The van der Waals surface area contributed by atoms with Crippen molar-refractivity contribution in [1.29, 1.82) is 0 Å². The molecule has 0 spiro atoms. The summed E-state index contributed by atoms with van der Waals surface area (Å²) in [4.78, 5) is 13.1. The zero-order valence-electron chi connectivity index (χ0n) is 17.8. The van der Waals surface area contributed by atoms with Crippen molar-refractivity contribution in [2.24, 2.45) is 0 Å². The first-order valence-corrected chi connectivity index (χ1v) is 10.6. The number of nitrogens with zero attached hydrogens (tertiary/aromatic N) is 2. The number of pyridine rings is 1. The van der Waals surface area contributed by atoms with Crippen molar-refractivity contribution >= 4 is 22.4 Å². The summed E-state index contributed by atoms with van der Waals surface area (Å²) in [6.07, 6.45) is 3.02. The topological polar surface area (TPSA) is 57.3 Å². The Kier molecular flexibility index (Phi) is 5.23. The maximum Gasteiger partial charge on any atom is 0.264 e. The van der Waals surface area contributed by atoms with Crippen LogP contribution >= 0.6 is 11.6 Å². The molecule has 7 heteroatoms. The summed E-state index contributed by atoms with van der Waals surface area (Å²) in [7, 11) is 1.53. The van der Waals surface area contributed by atoms with Gasteiger partial charge < -0.3 is 9.26 Å². The van der Waals surface area contributed by atoms with Crippen molar-refractivity contribution in [3.8, 4) is 33.8 Å². The van der Waals surface area contributed by atoms with Crippen LogP contribution in [-0.2, 0) is 0 Å². The number of benzene rings is 3. The zero-order chi connectivity index (χ0) is 23.1. The van der Waals surface area contributed by atoms with Gasteiger partial charge in [-0.1, -0.05) is 41.0 Å².